The summed E-state index contributed by atoms with van der Waals surface area (Å²) in [5, 5.41) is 10.7. The molecule has 0 unspecified atom stereocenters. The van der Waals surface area contributed by atoms with Crippen molar-refractivity contribution < 1.29 is 14.3 Å². The molecule has 0 aliphatic rings. The lowest BCUT2D eigenvalue weighted by Gasteiger charge is -2.23. The molecule has 8 nitrogen and oxygen atoms in total. The Morgan fingerprint density at radius 3 is 2.22 bits per heavy atom. The number of amides is 3. The first-order valence-corrected chi connectivity index (χ1v) is 12.1. The van der Waals surface area contributed by atoms with Crippen LogP contribution in [-0.2, 0) is 14.9 Å². The molecule has 36 heavy (non-hydrogen) atoms. The van der Waals surface area contributed by atoms with E-state index in [4.69, 9.17) is 9.84 Å². The highest BCUT2D eigenvalue weighted by atomic mass is 16.5. The van der Waals surface area contributed by atoms with E-state index in [1.165, 1.54) is 4.90 Å². The molecule has 0 atom stereocenters. The average Bonchev–Trinajstić information content (AvgIpc) is 3.23. The van der Waals surface area contributed by atoms with Crippen LogP contribution in [0.3, 0.4) is 0 Å². The smallest absolute Gasteiger partial charge is 0.322 e. The number of carbonyl (C=O) groups excluding carboxylic acids is 2. The third-order valence-electron chi connectivity index (χ3n) is 5.99. The summed E-state index contributed by atoms with van der Waals surface area (Å²) in [7, 11) is 1.57. The molecule has 2 N–H and O–H groups in total. The normalized spacial score (nSPS) is 11.3. The van der Waals surface area contributed by atoms with Gasteiger partial charge in [0.15, 0.2) is 0 Å². The van der Waals surface area contributed by atoms with E-state index in [9.17, 15) is 9.59 Å². The number of rotatable bonds is 8. The Morgan fingerprint density at radius 2 is 1.61 bits per heavy atom. The summed E-state index contributed by atoms with van der Waals surface area (Å²) in [5.41, 5.74) is 5.22. The van der Waals surface area contributed by atoms with Crippen LogP contribution < -0.4 is 10.6 Å². The molecular weight excluding hydrogens is 454 g/mol. The summed E-state index contributed by atoms with van der Waals surface area (Å²) in [4.78, 5) is 27.8. The highest BCUT2D eigenvalue weighted by molar-refractivity contribution is 5.97. The number of hydrogen-bond acceptors (Lipinski definition) is 4. The third kappa shape index (κ3) is 6.51. The van der Waals surface area contributed by atoms with Gasteiger partial charge in [-0.25, -0.2) is 9.48 Å². The van der Waals surface area contributed by atoms with Gasteiger partial charge in [0.1, 0.15) is 12.4 Å². The number of urea groups is 1. The van der Waals surface area contributed by atoms with Crippen molar-refractivity contribution in [2.75, 3.05) is 37.4 Å². The van der Waals surface area contributed by atoms with E-state index in [1.54, 1.807) is 11.8 Å². The molecule has 8 heteroatoms. The van der Waals surface area contributed by atoms with Crippen molar-refractivity contribution in [1.29, 1.82) is 0 Å². The van der Waals surface area contributed by atoms with Crippen LogP contribution in [0.1, 0.15) is 43.2 Å². The minimum Gasteiger partial charge on any atom is -0.383 e. The van der Waals surface area contributed by atoms with Gasteiger partial charge in [-0.3, -0.25) is 4.79 Å². The zero-order valence-electron chi connectivity index (χ0n) is 22.3. The topological polar surface area (TPSA) is 88.5 Å². The molecule has 3 aromatic rings. The monoisotopic (exact) mass is 491 g/mol. The molecule has 3 rings (SSSR count). The molecule has 0 spiro atoms. The van der Waals surface area contributed by atoms with Gasteiger partial charge in [0.25, 0.3) is 0 Å². The molecule has 0 radical (unpaired) electrons. The van der Waals surface area contributed by atoms with Crippen molar-refractivity contribution in [1.82, 2.24) is 14.7 Å². The van der Waals surface area contributed by atoms with E-state index in [0.29, 0.717) is 12.4 Å². The second-order valence-corrected chi connectivity index (χ2v) is 10.0. The van der Waals surface area contributed by atoms with Crippen LogP contribution in [0.2, 0.25) is 0 Å². The fraction of sp³-hybridized carbons (Fsp3) is 0.393. The maximum atomic E-state index is 13.2. The van der Waals surface area contributed by atoms with E-state index >= 15 is 0 Å². The Balaban J connectivity index is 1.84. The van der Waals surface area contributed by atoms with Crippen LogP contribution in [-0.4, -0.2) is 53.4 Å². The van der Waals surface area contributed by atoms with Gasteiger partial charge in [-0.1, -0.05) is 57.2 Å². The van der Waals surface area contributed by atoms with Gasteiger partial charge in [0.05, 0.1) is 18.0 Å². The number of anilines is 2. The Labute approximate surface area is 213 Å². The fourth-order valence-electron chi connectivity index (χ4n) is 3.83. The standard InChI is InChI=1S/C28H37N5O3/c1-19-11-8-9-14-22(19)33-24(17-23(31-33)28(4,5)6)29-25(34)18-32(15-16-36-7)27(35)30-26-20(2)12-10-13-21(26)3/h8-14,17H,15-16,18H2,1-7H3,(H,29,34)(H,30,35). The zero-order valence-corrected chi connectivity index (χ0v) is 22.3. The molecule has 0 saturated heterocycles. The minimum atomic E-state index is -0.359. The maximum absolute atomic E-state index is 13.2. The second-order valence-electron chi connectivity index (χ2n) is 10.0. The highest BCUT2D eigenvalue weighted by Crippen LogP contribution is 2.27. The first-order chi connectivity index (χ1) is 17.0. The number of nitrogens with zero attached hydrogens (tertiary/aromatic N) is 3. The van der Waals surface area contributed by atoms with Gasteiger partial charge in [0, 0.05) is 30.8 Å². The number of aromatic nitrogens is 2. The van der Waals surface area contributed by atoms with Gasteiger partial charge < -0.3 is 20.3 Å². The molecule has 0 fully saturated rings. The lowest BCUT2D eigenvalue weighted by Crippen LogP contribution is -2.42. The molecule has 1 aromatic heterocycles. The van der Waals surface area contributed by atoms with Crippen molar-refractivity contribution in [2.45, 2.75) is 47.0 Å². The summed E-state index contributed by atoms with van der Waals surface area (Å²) in [6, 6.07) is 15.2. The van der Waals surface area contributed by atoms with Gasteiger partial charge in [-0.05, 0) is 43.5 Å². The first-order valence-electron chi connectivity index (χ1n) is 12.1. The van der Waals surface area contributed by atoms with Crippen molar-refractivity contribution in [3.63, 3.8) is 0 Å². The number of para-hydroxylation sites is 2. The Morgan fingerprint density at radius 1 is 0.972 bits per heavy atom. The Bertz CT molecular complexity index is 1210. The number of aryl methyl sites for hydroxylation is 3. The highest BCUT2D eigenvalue weighted by Gasteiger charge is 2.24. The molecule has 0 bridgehead atoms. The van der Waals surface area contributed by atoms with Crippen molar-refractivity contribution in [3.8, 4) is 5.69 Å². The lowest BCUT2D eigenvalue weighted by molar-refractivity contribution is -0.116. The molecule has 0 aliphatic carbocycles. The molecule has 192 valence electrons. The van der Waals surface area contributed by atoms with E-state index in [0.717, 1.165) is 33.8 Å². The van der Waals surface area contributed by atoms with Crippen molar-refractivity contribution in [3.05, 3.63) is 70.9 Å². The summed E-state index contributed by atoms with van der Waals surface area (Å²) in [5.74, 6) is 0.235. The molecular formula is C28H37N5O3. The van der Waals surface area contributed by atoms with Crippen LogP contribution in [0.5, 0.6) is 0 Å². The molecule has 1 heterocycles. The van der Waals surface area contributed by atoms with Gasteiger partial charge in [-0.15, -0.1) is 0 Å². The van der Waals surface area contributed by atoms with E-state index in [-0.39, 0.29) is 30.4 Å². The SMILES string of the molecule is COCCN(CC(=O)Nc1cc(C(C)(C)C)nn1-c1ccccc1C)C(=O)Nc1c(C)cccc1C. The molecule has 0 aliphatic heterocycles. The summed E-state index contributed by atoms with van der Waals surface area (Å²) in [6.07, 6.45) is 0. The zero-order chi connectivity index (χ0) is 26.5. The van der Waals surface area contributed by atoms with Crippen molar-refractivity contribution in [2.24, 2.45) is 0 Å². The Kier molecular flexibility index (Phi) is 8.53. The first kappa shape index (κ1) is 26.9. The quantitative estimate of drug-likeness (QED) is 0.453. The Hall–Kier alpha value is -3.65. The van der Waals surface area contributed by atoms with Gasteiger partial charge in [0.2, 0.25) is 5.91 Å². The second kappa shape index (κ2) is 11.4. The predicted molar refractivity (Wildman–Crippen MR) is 144 cm³/mol. The number of hydrogen-bond donors (Lipinski definition) is 2. The number of nitrogens with one attached hydrogen (secondary N) is 2. The molecule has 2 aromatic carbocycles. The molecule has 0 saturated carbocycles. The van der Waals surface area contributed by atoms with Gasteiger partial charge >= 0.3 is 6.03 Å². The number of carbonyl (C=O) groups is 2. The minimum absolute atomic E-state index is 0.135. The fourth-order valence-corrected chi connectivity index (χ4v) is 3.83. The van der Waals surface area contributed by atoms with E-state index in [1.807, 2.05) is 69.3 Å². The number of ether oxygens (including phenoxy) is 1. The van der Waals surface area contributed by atoms with Crippen LogP contribution >= 0.6 is 0 Å². The van der Waals surface area contributed by atoms with E-state index < -0.39 is 0 Å². The van der Waals surface area contributed by atoms with Crippen LogP contribution in [0.25, 0.3) is 5.69 Å². The van der Waals surface area contributed by atoms with Gasteiger partial charge in [-0.2, -0.15) is 5.10 Å². The lowest BCUT2D eigenvalue weighted by atomic mass is 9.92. The number of methoxy groups -OCH3 is 1. The number of benzene rings is 2. The molecule has 3 amide bonds. The van der Waals surface area contributed by atoms with Crippen LogP contribution in [0.15, 0.2) is 48.5 Å². The van der Waals surface area contributed by atoms with Crippen LogP contribution in [0, 0.1) is 20.8 Å². The average molecular weight is 492 g/mol. The predicted octanol–water partition coefficient (Wildman–Crippen LogP) is 5.21. The van der Waals surface area contributed by atoms with Crippen molar-refractivity contribution >= 4 is 23.4 Å². The largest absolute Gasteiger partial charge is 0.383 e. The summed E-state index contributed by atoms with van der Waals surface area (Å²) >= 11 is 0. The maximum Gasteiger partial charge on any atom is 0.322 e. The summed E-state index contributed by atoms with van der Waals surface area (Å²) < 4.78 is 6.94. The summed E-state index contributed by atoms with van der Waals surface area (Å²) in [6.45, 7) is 12.6. The third-order valence-corrected chi connectivity index (χ3v) is 5.99. The van der Waals surface area contributed by atoms with Crippen LogP contribution in [0.4, 0.5) is 16.3 Å². The van der Waals surface area contributed by atoms with E-state index in [2.05, 4.69) is 31.4 Å².